The molecule has 0 amide bonds. The van der Waals surface area contributed by atoms with E-state index in [0.29, 0.717) is 6.61 Å². The highest BCUT2D eigenvalue weighted by Crippen LogP contribution is 2.28. The summed E-state index contributed by atoms with van der Waals surface area (Å²) in [4.78, 5) is 4.29. The van der Waals surface area contributed by atoms with Crippen LogP contribution in [0.25, 0.3) is 0 Å². The smallest absolute Gasteiger partial charge is 0.137 e. The lowest BCUT2D eigenvalue weighted by molar-refractivity contribution is 0.338. The Hall–Kier alpha value is -1.58. The zero-order valence-electron chi connectivity index (χ0n) is 12.7. The molecule has 2 rings (SSSR count). The van der Waals surface area contributed by atoms with Crippen LogP contribution >= 0.6 is 11.6 Å². The maximum absolute atomic E-state index is 6.06. The van der Waals surface area contributed by atoms with Crippen LogP contribution < -0.4 is 10.1 Å². The van der Waals surface area contributed by atoms with E-state index >= 15 is 0 Å². The van der Waals surface area contributed by atoms with Crippen molar-refractivity contribution in [1.29, 1.82) is 0 Å². The van der Waals surface area contributed by atoms with Gasteiger partial charge in [-0.3, -0.25) is 4.98 Å². The number of pyridine rings is 1. The van der Waals surface area contributed by atoms with E-state index in [2.05, 4.69) is 30.2 Å². The zero-order chi connectivity index (χ0) is 15.2. The molecule has 21 heavy (non-hydrogen) atoms. The van der Waals surface area contributed by atoms with Crippen LogP contribution in [-0.2, 0) is 0 Å². The molecule has 1 unspecified atom stereocenters. The van der Waals surface area contributed by atoms with Crippen molar-refractivity contribution in [3.8, 4) is 5.75 Å². The highest BCUT2D eigenvalue weighted by Gasteiger charge is 2.16. The molecule has 112 valence electrons. The molecule has 0 aliphatic heterocycles. The molecule has 0 saturated heterocycles. The van der Waals surface area contributed by atoms with E-state index in [1.165, 1.54) is 5.56 Å². The molecule has 1 N–H and O–H groups in total. The fourth-order valence-corrected chi connectivity index (χ4v) is 2.64. The van der Waals surface area contributed by atoms with Crippen molar-refractivity contribution in [2.24, 2.45) is 0 Å². The van der Waals surface area contributed by atoms with Crippen LogP contribution in [0.5, 0.6) is 5.75 Å². The quantitative estimate of drug-likeness (QED) is 0.871. The number of halogens is 1. The minimum atomic E-state index is 0.0835. The van der Waals surface area contributed by atoms with Crippen molar-refractivity contribution in [2.45, 2.75) is 26.8 Å². The van der Waals surface area contributed by atoms with Gasteiger partial charge in [0.25, 0.3) is 0 Å². The maximum atomic E-state index is 6.06. The summed E-state index contributed by atoms with van der Waals surface area (Å²) in [6, 6.07) is 8.10. The Balaban J connectivity index is 2.40. The Morgan fingerprint density at radius 2 is 2.05 bits per heavy atom. The number of ether oxygens (including phenoxy) is 1. The highest BCUT2D eigenvalue weighted by molar-refractivity contribution is 6.30. The molecule has 2 aromatic rings. The van der Waals surface area contributed by atoms with Crippen LogP contribution in [0.1, 0.15) is 36.6 Å². The number of nitrogens with zero attached hydrogens (tertiary/aromatic N) is 1. The monoisotopic (exact) mass is 304 g/mol. The van der Waals surface area contributed by atoms with Crippen LogP contribution in [0.4, 0.5) is 0 Å². The first-order valence-corrected chi connectivity index (χ1v) is 7.60. The summed E-state index contributed by atoms with van der Waals surface area (Å²) in [5.41, 5.74) is 3.46. The van der Waals surface area contributed by atoms with Gasteiger partial charge in [0, 0.05) is 11.2 Å². The predicted molar refractivity (Wildman–Crippen MR) is 87.1 cm³/mol. The number of rotatable bonds is 6. The Kier molecular flexibility index (Phi) is 5.59. The Labute approximate surface area is 131 Å². The van der Waals surface area contributed by atoms with Gasteiger partial charge >= 0.3 is 0 Å². The SMILES string of the molecule is CCNC(c1cncc(OCC)c1)c1ccc(Cl)cc1C. The van der Waals surface area contributed by atoms with E-state index in [4.69, 9.17) is 16.3 Å². The molecule has 0 spiro atoms. The Morgan fingerprint density at radius 1 is 1.24 bits per heavy atom. The van der Waals surface area contributed by atoms with Crippen molar-refractivity contribution in [3.05, 3.63) is 58.4 Å². The highest BCUT2D eigenvalue weighted by atomic mass is 35.5. The molecule has 0 aliphatic rings. The third-order valence-corrected chi connectivity index (χ3v) is 3.56. The number of aryl methyl sites for hydroxylation is 1. The summed E-state index contributed by atoms with van der Waals surface area (Å²) < 4.78 is 5.55. The second-order valence-corrected chi connectivity index (χ2v) is 5.32. The van der Waals surface area contributed by atoms with Crippen LogP contribution in [-0.4, -0.2) is 18.1 Å². The number of benzene rings is 1. The van der Waals surface area contributed by atoms with Crippen molar-refractivity contribution in [3.63, 3.8) is 0 Å². The van der Waals surface area contributed by atoms with Crippen molar-refractivity contribution in [2.75, 3.05) is 13.2 Å². The summed E-state index contributed by atoms with van der Waals surface area (Å²) in [5, 5.41) is 4.26. The Morgan fingerprint density at radius 3 is 2.71 bits per heavy atom. The molecule has 3 nitrogen and oxygen atoms in total. The predicted octanol–water partition coefficient (Wildman–Crippen LogP) is 4.14. The number of aromatic nitrogens is 1. The fraction of sp³-hybridized carbons (Fsp3) is 0.353. The fourth-order valence-electron chi connectivity index (χ4n) is 2.41. The summed E-state index contributed by atoms with van der Waals surface area (Å²) in [5.74, 6) is 0.796. The van der Waals surface area contributed by atoms with E-state index in [1.807, 2.05) is 31.3 Å². The van der Waals surface area contributed by atoms with Gasteiger partial charge < -0.3 is 10.1 Å². The molecule has 1 aromatic carbocycles. The molecule has 4 heteroatoms. The van der Waals surface area contributed by atoms with Gasteiger partial charge in [-0.05, 0) is 55.3 Å². The zero-order valence-corrected chi connectivity index (χ0v) is 13.4. The second kappa shape index (κ2) is 7.43. The molecule has 0 fully saturated rings. The maximum Gasteiger partial charge on any atom is 0.137 e. The van der Waals surface area contributed by atoms with Gasteiger partial charge in [-0.15, -0.1) is 0 Å². The molecule has 1 atom stereocenters. The molecule has 0 saturated carbocycles. The first kappa shape index (κ1) is 15.8. The number of hydrogen-bond donors (Lipinski definition) is 1. The van der Waals surface area contributed by atoms with Crippen molar-refractivity contribution < 1.29 is 4.74 Å². The van der Waals surface area contributed by atoms with Crippen molar-refractivity contribution >= 4 is 11.6 Å². The van der Waals surface area contributed by atoms with Crippen LogP contribution in [0.15, 0.2) is 36.7 Å². The summed E-state index contributed by atoms with van der Waals surface area (Å²) in [6.07, 6.45) is 3.62. The van der Waals surface area contributed by atoms with Gasteiger partial charge in [-0.25, -0.2) is 0 Å². The first-order chi connectivity index (χ1) is 10.2. The molecule has 0 radical (unpaired) electrons. The first-order valence-electron chi connectivity index (χ1n) is 7.22. The summed E-state index contributed by atoms with van der Waals surface area (Å²) in [7, 11) is 0. The lowest BCUT2D eigenvalue weighted by Crippen LogP contribution is -2.23. The average molecular weight is 305 g/mol. The minimum Gasteiger partial charge on any atom is -0.492 e. The van der Waals surface area contributed by atoms with Crippen molar-refractivity contribution in [1.82, 2.24) is 10.3 Å². The second-order valence-electron chi connectivity index (χ2n) is 4.88. The van der Waals surface area contributed by atoms with Gasteiger partial charge in [-0.1, -0.05) is 24.6 Å². The topological polar surface area (TPSA) is 34.2 Å². The van der Waals surface area contributed by atoms with E-state index in [-0.39, 0.29) is 6.04 Å². The minimum absolute atomic E-state index is 0.0835. The van der Waals surface area contributed by atoms with Crippen LogP contribution in [0.2, 0.25) is 5.02 Å². The van der Waals surface area contributed by atoms with E-state index in [1.54, 1.807) is 6.20 Å². The molecule has 1 heterocycles. The molecule has 1 aromatic heterocycles. The lowest BCUT2D eigenvalue weighted by atomic mass is 9.96. The van der Waals surface area contributed by atoms with E-state index in [0.717, 1.165) is 28.4 Å². The lowest BCUT2D eigenvalue weighted by Gasteiger charge is -2.21. The van der Waals surface area contributed by atoms with E-state index in [9.17, 15) is 0 Å². The summed E-state index contributed by atoms with van der Waals surface area (Å²) >= 11 is 6.06. The van der Waals surface area contributed by atoms with Gasteiger partial charge in [0.05, 0.1) is 18.8 Å². The van der Waals surface area contributed by atoms with Gasteiger partial charge in [0.15, 0.2) is 0 Å². The third-order valence-electron chi connectivity index (χ3n) is 3.33. The number of nitrogens with one attached hydrogen (secondary N) is 1. The van der Waals surface area contributed by atoms with Crippen LogP contribution in [0, 0.1) is 6.92 Å². The molecule has 0 bridgehead atoms. The van der Waals surface area contributed by atoms with Gasteiger partial charge in [-0.2, -0.15) is 0 Å². The Bertz CT molecular complexity index is 601. The normalized spacial score (nSPS) is 12.2. The van der Waals surface area contributed by atoms with Gasteiger partial charge in [0.1, 0.15) is 5.75 Å². The summed E-state index contributed by atoms with van der Waals surface area (Å²) in [6.45, 7) is 7.64. The molecular weight excluding hydrogens is 284 g/mol. The molecule has 0 aliphatic carbocycles. The van der Waals surface area contributed by atoms with Gasteiger partial charge in [0.2, 0.25) is 0 Å². The number of hydrogen-bond acceptors (Lipinski definition) is 3. The average Bonchev–Trinajstić information content (AvgIpc) is 2.46. The standard InChI is InChI=1S/C17H21ClN2O/c1-4-20-17(16-7-6-14(18)8-12(16)3)13-9-15(21-5-2)11-19-10-13/h6-11,17,20H,4-5H2,1-3H3. The molecular formula is C17H21ClN2O. The third kappa shape index (κ3) is 3.96. The largest absolute Gasteiger partial charge is 0.492 e. The van der Waals surface area contributed by atoms with E-state index < -0.39 is 0 Å². The van der Waals surface area contributed by atoms with Crippen LogP contribution in [0.3, 0.4) is 0 Å².